The predicted octanol–water partition coefficient (Wildman–Crippen LogP) is 2.89. The molecule has 2 aromatic carbocycles. The second kappa shape index (κ2) is 8.05. The van der Waals surface area contributed by atoms with E-state index in [-0.39, 0.29) is 28.3 Å². The number of hydrogen-bond acceptors (Lipinski definition) is 6. The number of aromatic hydroxyl groups is 1. The quantitative estimate of drug-likeness (QED) is 0.586. The van der Waals surface area contributed by atoms with Gasteiger partial charge in [0.25, 0.3) is 5.56 Å². The Bertz CT molecular complexity index is 1030. The standard InChI is InChI=1S/C19H18N4O3S/c1-11-3-6-14(9-12(11)2)20-16(25)10-27-19-21-18(26)17(22-23-19)13-4-7-15(24)8-5-13/h3-9,24H,10H2,1-2H3,(H,20,25)(H,21,23,26). The van der Waals surface area contributed by atoms with E-state index in [4.69, 9.17) is 0 Å². The molecule has 8 heteroatoms. The molecule has 1 heterocycles. The molecule has 0 aliphatic carbocycles. The minimum atomic E-state index is -0.409. The summed E-state index contributed by atoms with van der Waals surface area (Å²) in [6.07, 6.45) is 0. The minimum absolute atomic E-state index is 0.0934. The Kier molecular flexibility index (Phi) is 5.56. The van der Waals surface area contributed by atoms with Gasteiger partial charge in [-0.1, -0.05) is 17.8 Å². The fourth-order valence-corrected chi connectivity index (χ4v) is 2.95. The van der Waals surface area contributed by atoms with Crippen LogP contribution in [0.15, 0.2) is 52.4 Å². The number of benzene rings is 2. The Balaban J connectivity index is 1.63. The fraction of sp³-hybridized carbons (Fsp3) is 0.158. The lowest BCUT2D eigenvalue weighted by molar-refractivity contribution is -0.113. The molecule has 3 N–H and O–H groups in total. The Hall–Kier alpha value is -3.13. The van der Waals surface area contributed by atoms with Gasteiger partial charge in [-0.25, -0.2) is 0 Å². The van der Waals surface area contributed by atoms with Crippen LogP contribution in [-0.4, -0.2) is 31.9 Å². The topological polar surface area (TPSA) is 108 Å². The molecule has 0 unspecified atom stereocenters. The van der Waals surface area contributed by atoms with E-state index in [2.05, 4.69) is 20.5 Å². The van der Waals surface area contributed by atoms with Crippen molar-refractivity contribution in [2.75, 3.05) is 11.1 Å². The molecule has 1 amide bonds. The van der Waals surface area contributed by atoms with Crippen LogP contribution in [0, 0.1) is 13.8 Å². The van der Waals surface area contributed by atoms with Gasteiger partial charge in [0.15, 0.2) is 10.9 Å². The molecule has 0 atom stereocenters. The number of phenols is 1. The first kappa shape index (κ1) is 18.7. The van der Waals surface area contributed by atoms with Crippen LogP contribution in [-0.2, 0) is 4.79 Å². The van der Waals surface area contributed by atoms with Crippen molar-refractivity contribution in [2.45, 2.75) is 19.0 Å². The van der Waals surface area contributed by atoms with Gasteiger partial charge < -0.3 is 10.4 Å². The molecule has 0 bridgehead atoms. The van der Waals surface area contributed by atoms with Crippen LogP contribution in [0.1, 0.15) is 11.1 Å². The number of aromatic nitrogens is 3. The second-order valence-corrected chi connectivity index (χ2v) is 6.95. The molecule has 3 rings (SSSR count). The molecule has 0 fully saturated rings. The Morgan fingerprint density at radius 1 is 1.11 bits per heavy atom. The number of aromatic amines is 1. The van der Waals surface area contributed by atoms with Gasteiger partial charge in [-0.2, -0.15) is 0 Å². The zero-order valence-corrected chi connectivity index (χ0v) is 15.6. The maximum absolute atomic E-state index is 12.2. The summed E-state index contributed by atoms with van der Waals surface area (Å²) >= 11 is 1.09. The zero-order chi connectivity index (χ0) is 19.4. The molecule has 1 aromatic heterocycles. The van der Waals surface area contributed by atoms with E-state index < -0.39 is 5.56 Å². The fourth-order valence-electron chi connectivity index (χ4n) is 2.35. The van der Waals surface area contributed by atoms with Crippen LogP contribution in [0.25, 0.3) is 11.3 Å². The van der Waals surface area contributed by atoms with Gasteiger partial charge >= 0.3 is 0 Å². The van der Waals surface area contributed by atoms with Crippen LogP contribution < -0.4 is 10.9 Å². The Labute approximate surface area is 159 Å². The van der Waals surface area contributed by atoms with Gasteiger partial charge in [-0.3, -0.25) is 14.6 Å². The number of thioether (sulfide) groups is 1. The monoisotopic (exact) mass is 382 g/mol. The number of H-pyrrole nitrogens is 1. The van der Waals surface area contributed by atoms with E-state index in [1.807, 2.05) is 32.0 Å². The van der Waals surface area contributed by atoms with Crippen LogP contribution in [0.5, 0.6) is 5.75 Å². The van der Waals surface area contributed by atoms with Crippen LogP contribution in [0.4, 0.5) is 5.69 Å². The molecule has 0 aliphatic rings. The Morgan fingerprint density at radius 3 is 2.52 bits per heavy atom. The lowest BCUT2D eigenvalue weighted by Crippen LogP contribution is -2.17. The molecule has 0 saturated carbocycles. The number of nitrogens with zero attached hydrogens (tertiary/aromatic N) is 2. The molecule has 0 aliphatic heterocycles. The number of nitrogens with one attached hydrogen (secondary N) is 2. The van der Waals surface area contributed by atoms with Crippen molar-refractivity contribution >= 4 is 23.4 Å². The van der Waals surface area contributed by atoms with Gasteiger partial charge in [0.05, 0.1) is 5.75 Å². The van der Waals surface area contributed by atoms with E-state index in [0.29, 0.717) is 5.56 Å². The van der Waals surface area contributed by atoms with Gasteiger partial charge in [0, 0.05) is 11.3 Å². The van der Waals surface area contributed by atoms with E-state index in [9.17, 15) is 14.7 Å². The third-order valence-corrected chi connectivity index (χ3v) is 4.81. The largest absolute Gasteiger partial charge is 0.508 e. The molecule has 7 nitrogen and oxygen atoms in total. The molecule has 138 valence electrons. The van der Waals surface area contributed by atoms with Gasteiger partial charge in [-0.15, -0.1) is 10.2 Å². The molecule has 27 heavy (non-hydrogen) atoms. The van der Waals surface area contributed by atoms with Gasteiger partial charge in [0.2, 0.25) is 5.91 Å². The maximum Gasteiger partial charge on any atom is 0.278 e. The molecule has 0 spiro atoms. The highest BCUT2D eigenvalue weighted by molar-refractivity contribution is 7.99. The van der Waals surface area contributed by atoms with E-state index in [0.717, 1.165) is 28.6 Å². The molecular weight excluding hydrogens is 364 g/mol. The maximum atomic E-state index is 12.2. The highest BCUT2D eigenvalue weighted by Crippen LogP contribution is 2.18. The van der Waals surface area contributed by atoms with Crippen LogP contribution in [0.3, 0.4) is 0 Å². The predicted molar refractivity (Wildman–Crippen MR) is 105 cm³/mol. The molecule has 0 saturated heterocycles. The van der Waals surface area contributed by atoms with Crippen LogP contribution >= 0.6 is 11.8 Å². The molecule has 3 aromatic rings. The summed E-state index contributed by atoms with van der Waals surface area (Å²) in [7, 11) is 0. The number of hydrogen-bond donors (Lipinski definition) is 3. The van der Waals surface area contributed by atoms with E-state index in [1.54, 1.807) is 12.1 Å². The van der Waals surface area contributed by atoms with Gasteiger partial charge in [0.1, 0.15) is 5.75 Å². The summed E-state index contributed by atoms with van der Waals surface area (Å²) in [5.41, 5.74) is 3.27. The minimum Gasteiger partial charge on any atom is -0.508 e. The normalized spacial score (nSPS) is 10.6. The average Bonchev–Trinajstić information content (AvgIpc) is 2.64. The first-order valence-electron chi connectivity index (χ1n) is 8.18. The van der Waals surface area contributed by atoms with Crippen molar-refractivity contribution in [2.24, 2.45) is 0 Å². The number of carbonyl (C=O) groups is 1. The number of rotatable bonds is 5. The third kappa shape index (κ3) is 4.73. The molecular formula is C19H18N4O3S. The SMILES string of the molecule is Cc1ccc(NC(=O)CSc2nnc(-c3ccc(O)cc3)c(=O)[nH]2)cc1C. The number of carbonyl (C=O) groups excluding carboxylic acids is 1. The summed E-state index contributed by atoms with van der Waals surface area (Å²) in [4.78, 5) is 26.9. The number of anilines is 1. The highest BCUT2D eigenvalue weighted by Gasteiger charge is 2.10. The van der Waals surface area contributed by atoms with Crippen molar-refractivity contribution < 1.29 is 9.90 Å². The van der Waals surface area contributed by atoms with E-state index in [1.165, 1.54) is 12.1 Å². The van der Waals surface area contributed by atoms with Crippen LogP contribution in [0.2, 0.25) is 0 Å². The Morgan fingerprint density at radius 2 is 1.85 bits per heavy atom. The number of aryl methyl sites for hydroxylation is 2. The smallest absolute Gasteiger partial charge is 0.278 e. The number of phenolic OH excluding ortho intramolecular Hbond substituents is 1. The summed E-state index contributed by atoms with van der Waals surface area (Å²) in [5, 5.41) is 20.3. The lowest BCUT2D eigenvalue weighted by Gasteiger charge is -2.07. The summed E-state index contributed by atoms with van der Waals surface area (Å²) in [5.74, 6) is -0.00516. The summed E-state index contributed by atoms with van der Waals surface area (Å²) in [6.45, 7) is 3.99. The van der Waals surface area contributed by atoms with Gasteiger partial charge in [-0.05, 0) is 61.4 Å². The van der Waals surface area contributed by atoms with Crippen molar-refractivity contribution in [3.8, 4) is 17.0 Å². The van der Waals surface area contributed by atoms with Crippen molar-refractivity contribution in [3.05, 3.63) is 63.9 Å². The van der Waals surface area contributed by atoms with Crippen molar-refractivity contribution in [1.82, 2.24) is 15.2 Å². The van der Waals surface area contributed by atoms with E-state index >= 15 is 0 Å². The molecule has 0 radical (unpaired) electrons. The third-order valence-electron chi connectivity index (χ3n) is 3.95. The first-order chi connectivity index (χ1) is 12.9. The zero-order valence-electron chi connectivity index (χ0n) is 14.8. The lowest BCUT2D eigenvalue weighted by atomic mass is 10.1. The first-order valence-corrected chi connectivity index (χ1v) is 9.17. The average molecular weight is 382 g/mol. The summed E-state index contributed by atoms with van der Waals surface area (Å²) in [6, 6.07) is 11.8. The second-order valence-electron chi connectivity index (χ2n) is 5.99. The summed E-state index contributed by atoms with van der Waals surface area (Å²) < 4.78 is 0. The van der Waals surface area contributed by atoms with Crippen molar-refractivity contribution in [3.63, 3.8) is 0 Å². The van der Waals surface area contributed by atoms with Crippen molar-refractivity contribution in [1.29, 1.82) is 0 Å². The highest BCUT2D eigenvalue weighted by atomic mass is 32.2. The number of amides is 1.